The molecule has 0 radical (unpaired) electrons. The number of nitrogens with one attached hydrogen (secondary N) is 2. The van der Waals surface area contributed by atoms with E-state index >= 15 is 0 Å². The summed E-state index contributed by atoms with van der Waals surface area (Å²) >= 11 is 1.40. The Bertz CT molecular complexity index is 713. The molecule has 1 aliphatic rings. The lowest BCUT2D eigenvalue weighted by Gasteiger charge is -2.26. The van der Waals surface area contributed by atoms with Crippen molar-refractivity contribution < 1.29 is 9.53 Å². The van der Waals surface area contributed by atoms with Crippen LogP contribution in [0.2, 0.25) is 0 Å². The van der Waals surface area contributed by atoms with Crippen LogP contribution in [0.25, 0.3) is 0 Å². The van der Waals surface area contributed by atoms with E-state index in [2.05, 4.69) is 51.7 Å². The quantitative estimate of drug-likeness (QED) is 0.810. The third-order valence-corrected chi connectivity index (χ3v) is 5.66. The molecule has 0 bridgehead atoms. The van der Waals surface area contributed by atoms with Gasteiger partial charge < -0.3 is 10.1 Å². The number of rotatable bonds is 6. The SMILES string of the molecule is CC(C)(c1ccccc1)c1nnc(NC(=O)NCCN2CCOCC2)s1. The van der Waals surface area contributed by atoms with Crippen molar-refractivity contribution in [2.75, 3.05) is 44.7 Å². The first-order valence-corrected chi connectivity index (χ1v) is 9.62. The fourth-order valence-electron chi connectivity index (χ4n) is 2.80. The molecule has 7 nitrogen and oxygen atoms in total. The molecule has 1 fully saturated rings. The fourth-order valence-corrected chi connectivity index (χ4v) is 3.66. The number of urea groups is 1. The zero-order valence-corrected chi connectivity index (χ0v) is 16.0. The summed E-state index contributed by atoms with van der Waals surface area (Å²) in [6.07, 6.45) is 0. The number of hydrogen-bond donors (Lipinski definition) is 2. The van der Waals surface area contributed by atoms with Crippen molar-refractivity contribution in [1.82, 2.24) is 20.4 Å². The summed E-state index contributed by atoms with van der Waals surface area (Å²) in [6, 6.07) is 9.92. The number of nitrogens with zero attached hydrogens (tertiary/aromatic N) is 3. The predicted octanol–water partition coefficient (Wildman–Crippen LogP) is 2.32. The van der Waals surface area contributed by atoms with Crippen LogP contribution < -0.4 is 10.6 Å². The second-order valence-electron chi connectivity index (χ2n) is 6.74. The lowest BCUT2D eigenvalue weighted by molar-refractivity contribution is 0.0388. The molecule has 0 unspecified atom stereocenters. The minimum atomic E-state index is -0.258. The molecule has 2 heterocycles. The van der Waals surface area contributed by atoms with Gasteiger partial charge in [-0.1, -0.05) is 41.7 Å². The van der Waals surface area contributed by atoms with Crippen LogP contribution in [0, 0.1) is 0 Å². The molecular formula is C18H25N5O2S. The summed E-state index contributed by atoms with van der Waals surface area (Å²) in [7, 11) is 0. The van der Waals surface area contributed by atoms with E-state index in [9.17, 15) is 4.79 Å². The highest BCUT2D eigenvalue weighted by molar-refractivity contribution is 7.15. The number of aromatic nitrogens is 2. The van der Waals surface area contributed by atoms with Crippen molar-refractivity contribution in [3.8, 4) is 0 Å². The minimum absolute atomic E-state index is 0.251. The molecule has 0 aliphatic carbocycles. The number of carbonyl (C=O) groups is 1. The maximum atomic E-state index is 12.1. The molecule has 0 saturated carbocycles. The highest BCUT2D eigenvalue weighted by atomic mass is 32.1. The summed E-state index contributed by atoms with van der Waals surface area (Å²) in [5.41, 5.74) is 0.906. The highest BCUT2D eigenvalue weighted by Crippen LogP contribution is 2.34. The number of morpholine rings is 1. The first-order chi connectivity index (χ1) is 12.6. The number of amides is 2. The van der Waals surface area contributed by atoms with Crippen LogP contribution in [-0.2, 0) is 10.2 Å². The first kappa shape index (κ1) is 18.8. The topological polar surface area (TPSA) is 79.4 Å². The summed E-state index contributed by atoms with van der Waals surface area (Å²) < 4.78 is 5.31. The number of ether oxygens (including phenoxy) is 1. The average Bonchev–Trinajstić information content (AvgIpc) is 3.12. The van der Waals surface area contributed by atoms with E-state index in [0.29, 0.717) is 11.7 Å². The second-order valence-corrected chi connectivity index (χ2v) is 7.72. The molecule has 1 aromatic carbocycles. The Morgan fingerprint density at radius 1 is 1.23 bits per heavy atom. The fraction of sp³-hybridized carbons (Fsp3) is 0.500. The van der Waals surface area contributed by atoms with Crippen molar-refractivity contribution in [2.45, 2.75) is 19.3 Å². The van der Waals surface area contributed by atoms with E-state index in [1.807, 2.05) is 18.2 Å². The molecule has 26 heavy (non-hydrogen) atoms. The van der Waals surface area contributed by atoms with E-state index in [1.165, 1.54) is 11.3 Å². The van der Waals surface area contributed by atoms with Crippen molar-refractivity contribution in [1.29, 1.82) is 0 Å². The number of carbonyl (C=O) groups excluding carboxylic acids is 1. The monoisotopic (exact) mass is 375 g/mol. The van der Waals surface area contributed by atoms with Gasteiger partial charge >= 0.3 is 6.03 Å². The summed E-state index contributed by atoms with van der Waals surface area (Å²) in [5, 5.41) is 15.4. The second kappa shape index (κ2) is 8.57. The third kappa shape index (κ3) is 4.78. The molecule has 8 heteroatoms. The van der Waals surface area contributed by atoms with Gasteiger partial charge in [-0.2, -0.15) is 0 Å². The van der Waals surface area contributed by atoms with Crippen LogP contribution in [0.1, 0.15) is 24.4 Å². The maximum absolute atomic E-state index is 12.1. The Morgan fingerprint density at radius 2 is 1.96 bits per heavy atom. The molecule has 2 amide bonds. The van der Waals surface area contributed by atoms with E-state index in [0.717, 1.165) is 43.4 Å². The number of benzene rings is 1. The largest absolute Gasteiger partial charge is 0.379 e. The van der Waals surface area contributed by atoms with Gasteiger partial charge in [0.25, 0.3) is 0 Å². The Morgan fingerprint density at radius 3 is 2.69 bits per heavy atom. The van der Waals surface area contributed by atoms with Crippen molar-refractivity contribution in [3.05, 3.63) is 40.9 Å². The number of anilines is 1. The van der Waals surface area contributed by atoms with Crippen molar-refractivity contribution in [3.63, 3.8) is 0 Å². The van der Waals surface area contributed by atoms with Crippen LogP contribution in [-0.4, -0.2) is 60.5 Å². The van der Waals surface area contributed by atoms with Crippen molar-refractivity contribution in [2.24, 2.45) is 0 Å². The molecule has 1 aliphatic heterocycles. The number of hydrogen-bond acceptors (Lipinski definition) is 6. The van der Waals surface area contributed by atoms with Gasteiger partial charge in [-0.15, -0.1) is 10.2 Å². The molecule has 2 aromatic rings. The Kier molecular flexibility index (Phi) is 6.18. The van der Waals surface area contributed by atoms with Gasteiger partial charge in [0.15, 0.2) is 0 Å². The van der Waals surface area contributed by atoms with Gasteiger partial charge in [0, 0.05) is 31.6 Å². The smallest absolute Gasteiger partial charge is 0.321 e. The summed E-state index contributed by atoms with van der Waals surface area (Å²) in [6.45, 7) is 8.97. The van der Waals surface area contributed by atoms with E-state index in [1.54, 1.807) is 0 Å². The van der Waals surface area contributed by atoms with Gasteiger partial charge in [0.1, 0.15) is 5.01 Å². The van der Waals surface area contributed by atoms with Crippen LogP contribution in [0.3, 0.4) is 0 Å². The lowest BCUT2D eigenvalue weighted by atomic mass is 9.85. The molecule has 1 aromatic heterocycles. The van der Waals surface area contributed by atoms with Crippen LogP contribution in [0.4, 0.5) is 9.93 Å². The molecule has 1 saturated heterocycles. The molecule has 140 valence electrons. The first-order valence-electron chi connectivity index (χ1n) is 8.80. The van der Waals surface area contributed by atoms with Gasteiger partial charge in [-0.05, 0) is 19.4 Å². The summed E-state index contributed by atoms with van der Waals surface area (Å²) in [5.74, 6) is 0. The van der Waals surface area contributed by atoms with Gasteiger partial charge in [-0.25, -0.2) is 4.79 Å². The van der Waals surface area contributed by atoms with E-state index in [4.69, 9.17) is 4.74 Å². The maximum Gasteiger partial charge on any atom is 0.321 e. The Balaban J connectivity index is 1.50. The van der Waals surface area contributed by atoms with Crippen LogP contribution in [0.5, 0.6) is 0 Å². The molecular weight excluding hydrogens is 350 g/mol. The van der Waals surface area contributed by atoms with Crippen molar-refractivity contribution >= 4 is 22.5 Å². The predicted molar refractivity (Wildman–Crippen MR) is 103 cm³/mol. The normalized spacial score (nSPS) is 15.6. The third-order valence-electron chi connectivity index (χ3n) is 4.49. The van der Waals surface area contributed by atoms with Crippen LogP contribution in [0.15, 0.2) is 30.3 Å². The Labute approximate surface area is 157 Å². The summed E-state index contributed by atoms with van der Waals surface area (Å²) in [4.78, 5) is 14.3. The molecule has 3 rings (SSSR count). The highest BCUT2D eigenvalue weighted by Gasteiger charge is 2.27. The molecule has 2 N–H and O–H groups in total. The molecule has 0 atom stereocenters. The van der Waals surface area contributed by atoms with Gasteiger partial charge in [0.05, 0.1) is 13.2 Å². The average molecular weight is 375 g/mol. The lowest BCUT2D eigenvalue weighted by Crippen LogP contribution is -2.42. The van der Waals surface area contributed by atoms with E-state index in [-0.39, 0.29) is 11.4 Å². The molecule has 0 spiro atoms. The van der Waals surface area contributed by atoms with E-state index < -0.39 is 0 Å². The van der Waals surface area contributed by atoms with Crippen LogP contribution >= 0.6 is 11.3 Å². The zero-order chi connectivity index (χ0) is 18.4. The minimum Gasteiger partial charge on any atom is -0.379 e. The standard InChI is InChI=1S/C18H25N5O2S/c1-18(2,14-6-4-3-5-7-14)15-21-22-17(26-15)20-16(24)19-8-9-23-10-12-25-13-11-23/h3-7H,8-13H2,1-2H3,(H2,19,20,22,24). The van der Waals surface area contributed by atoms with Gasteiger partial charge in [0.2, 0.25) is 5.13 Å². The van der Waals surface area contributed by atoms with Gasteiger partial charge in [-0.3, -0.25) is 10.2 Å². The zero-order valence-electron chi connectivity index (χ0n) is 15.2. The Hall–Kier alpha value is -2.03.